The van der Waals surface area contributed by atoms with Crippen LogP contribution in [0.2, 0.25) is 0 Å². The van der Waals surface area contributed by atoms with E-state index in [2.05, 4.69) is 10.6 Å². The largest absolute Gasteiger partial charge is 0.465 e. The molecule has 7 heteroatoms. The van der Waals surface area contributed by atoms with Gasteiger partial charge < -0.3 is 20.1 Å². The summed E-state index contributed by atoms with van der Waals surface area (Å²) in [5.74, 6) is 0.981. The molecule has 0 fully saturated rings. The number of esters is 1. The van der Waals surface area contributed by atoms with Crippen molar-refractivity contribution >= 4 is 45.3 Å². The zero-order valence-corrected chi connectivity index (χ0v) is 17.2. The van der Waals surface area contributed by atoms with E-state index in [-0.39, 0.29) is 0 Å². The van der Waals surface area contributed by atoms with Crippen LogP contribution in [0, 0.1) is 0 Å². The van der Waals surface area contributed by atoms with Crippen LogP contribution in [-0.2, 0) is 11.2 Å². The summed E-state index contributed by atoms with van der Waals surface area (Å²) in [6.45, 7) is 2.03. The third kappa shape index (κ3) is 4.88. The first-order chi connectivity index (χ1) is 13.6. The zero-order valence-electron chi connectivity index (χ0n) is 15.5. The molecule has 2 N–H and O–H groups in total. The van der Waals surface area contributed by atoms with E-state index in [0.29, 0.717) is 21.4 Å². The van der Waals surface area contributed by atoms with Crippen LogP contribution in [0.1, 0.15) is 22.2 Å². The van der Waals surface area contributed by atoms with Gasteiger partial charge in [0.15, 0.2) is 10.9 Å². The molecule has 0 aliphatic heterocycles. The average molecular weight is 413 g/mol. The molecule has 0 unspecified atom stereocenters. The van der Waals surface area contributed by atoms with E-state index >= 15 is 0 Å². The van der Waals surface area contributed by atoms with Crippen molar-refractivity contribution in [2.75, 3.05) is 17.7 Å². The van der Waals surface area contributed by atoms with Gasteiger partial charge in [-0.05, 0) is 49.0 Å². The molecule has 0 bridgehead atoms. The molecule has 1 heterocycles. The number of rotatable bonds is 6. The van der Waals surface area contributed by atoms with E-state index in [1.807, 2.05) is 67.6 Å². The zero-order chi connectivity index (χ0) is 19.9. The molecule has 0 saturated carbocycles. The number of nitrogens with one attached hydrogen (secondary N) is 2. The Morgan fingerprint density at radius 3 is 2.50 bits per heavy atom. The van der Waals surface area contributed by atoms with Crippen LogP contribution in [-0.4, -0.2) is 18.2 Å². The molecule has 3 rings (SSSR count). The van der Waals surface area contributed by atoms with Gasteiger partial charge in [0.1, 0.15) is 10.8 Å². The number of ether oxygens (including phenoxy) is 2. The minimum atomic E-state index is -0.394. The second-order valence-corrected chi connectivity index (χ2v) is 7.34. The molecular formula is C21H20N2O3S2. The Morgan fingerprint density at radius 2 is 1.79 bits per heavy atom. The van der Waals surface area contributed by atoms with Gasteiger partial charge in [-0.1, -0.05) is 37.3 Å². The van der Waals surface area contributed by atoms with Crippen LogP contribution in [0.5, 0.6) is 11.5 Å². The van der Waals surface area contributed by atoms with Crippen LogP contribution in [0.25, 0.3) is 0 Å². The summed E-state index contributed by atoms with van der Waals surface area (Å²) < 4.78 is 10.8. The number of anilines is 2. The summed E-state index contributed by atoms with van der Waals surface area (Å²) in [5.41, 5.74) is 1.19. The monoisotopic (exact) mass is 412 g/mol. The van der Waals surface area contributed by atoms with Gasteiger partial charge in [-0.15, -0.1) is 11.3 Å². The number of carbonyl (C=O) groups excluding carboxylic acids is 1. The van der Waals surface area contributed by atoms with Gasteiger partial charge in [-0.3, -0.25) is 0 Å². The number of thiocarbonyl (C=S) groups is 1. The third-order valence-electron chi connectivity index (χ3n) is 3.87. The highest BCUT2D eigenvalue weighted by molar-refractivity contribution is 7.80. The number of benzene rings is 2. The lowest BCUT2D eigenvalue weighted by atomic mass is 10.2. The number of para-hydroxylation sites is 3. The maximum absolute atomic E-state index is 12.0. The van der Waals surface area contributed by atoms with E-state index in [1.165, 1.54) is 18.4 Å². The van der Waals surface area contributed by atoms with Gasteiger partial charge in [0.25, 0.3) is 0 Å². The van der Waals surface area contributed by atoms with Gasteiger partial charge in [-0.2, -0.15) is 0 Å². The molecular weight excluding hydrogens is 392 g/mol. The molecule has 0 saturated heterocycles. The first kappa shape index (κ1) is 19.9. The Kier molecular flexibility index (Phi) is 6.62. The normalized spacial score (nSPS) is 10.2. The fourth-order valence-corrected chi connectivity index (χ4v) is 3.77. The second-order valence-electron chi connectivity index (χ2n) is 5.79. The van der Waals surface area contributed by atoms with Crippen LogP contribution < -0.4 is 15.4 Å². The highest BCUT2D eigenvalue weighted by Crippen LogP contribution is 2.31. The quantitative estimate of drug-likeness (QED) is 0.400. The van der Waals surface area contributed by atoms with Crippen molar-refractivity contribution in [2.24, 2.45) is 0 Å². The SMILES string of the molecule is CCc1cc(C(=O)OC)c(NC(=S)Nc2ccccc2Oc2ccccc2)s1. The first-order valence-electron chi connectivity index (χ1n) is 8.71. The van der Waals surface area contributed by atoms with Crippen molar-refractivity contribution in [3.8, 4) is 11.5 Å². The number of hydrogen-bond donors (Lipinski definition) is 2. The maximum atomic E-state index is 12.0. The highest BCUT2D eigenvalue weighted by Gasteiger charge is 2.17. The molecule has 3 aromatic rings. The molecule has 0 radical (unpaired) electrons. The summed E-state index contributed by atoms with van der Waals surface area (Å²) in [6.07, 6.45) is 0.824. The smallest absolute Gasteiger partial charge is 0.340 e. The third-order valence-corrected chi connectivity index (χ3v) is 5.27. The van der Waals surface area contributed by atoms with Crippen LogP contribution in [0.15, 0.2) is 60.7 Å². The number of methoxy groups -OCH3 is 1. The summed E-state index contributed by atoms with van der Waals surface area (Å²) >= 11 is 6.93. The van der Waals surface area contributed by atoms with Crippen LogP contribution in [0.3, 0.4) is 0 Å². The van der Waals surface area contributed by atoms with Crippen molar-refractivity contribution < 1.29 is 14.3 Å². The number of hydrogen-bond acceptors (Lipinski definition) is 5. The molecule has 5 nitrogen and oxygen atoms in total. The fraction of sp³-hybridized carbons (Fsp3) is 0.143. The van der Waals surface area contributed by atoms with Crippen molar-refractivity contribution in [1.29, 1.82) is 0 Å². The summed E-state index contributed by atoms with van der Waals surface area (Å²) in [4.78, 5) is 13.1. The lowest BCUT2D eigenvalue weighted by Gasteiger charge is -2.14. The number of carbonyl (C=O) groups is 1. The summed E-state index contributed by atoms with van der Waals surface area (Å²) in [5, 5.41) is 7.26. The fourth-order valence-electron chi connectivity index (χ4n) is 2.50. The Hall–Kier alpha value is -2.90. The van der Waals surface area contributed by atoms with Gasteiger partial charge in [0, 0.05) is 4.88 Å². The minimum absolute atomic E-state index is 0.360. The lowest BCUT2D eigenvalue weighted by Crippen LogP contribution is -2.20. The average Bonchev–Trinajstić information content (AvgIpc) is 3.12. The second kappa shape index (κ2) is 9.34. The molecule has 1 aromatic heterocycles. The molecule has 0 spiro atoms. The Morgan fingerprint density at radius 1 is 1.07 bits per heavy atom. The van der Waals surface area contributed by atoms with Crippen LogP contribution in [0.4, 0.5) is 10.7 Å². The molecule has 144 valence electrons. The number of thiophene rings is 1. The molecule has 0 amide bonds. The van der Waals surface area contributed by atoms with Gasteiger partial charge in [0.05, 0.1) is 18.4 Å². The molecule has 0 atom stereocenters. The van der Waals surface area contributed by atoms with Crippen molar-refractivity contribution in [3.05, 3.63) is 71.1 Å². The van der Waals surface area contributed by atoms with Crippen LogP contribution >= 0.6 is 23.6 Å². The van der Waals surface area contributed by atoms with E-state index < -0.39 is 5.97 Å². The lowest BCUT2D eigenvalue weighted by molar-refractivity contribution is 0.0602. The Bertz CT molecular complexity index is 971. The molecule has 0 aliphatic rings. The van der Waals surface area contributed by atoms with E-state index in [9.17, 15) is 4.79 Å². The molecule has 28 heavy (non-hydrogen) atoms. The Balaban J connectivity index is 1.76. The standard InChI is InChI=1S/C21H20N2O3S2/c1-3-15-13-16(20(24)25-2)19(28-15)23-21(27)22-17-11-7-8-12-18(17)26-14-9-5-4-6-10-14/h4-13H,3H2,1-2H3,(H2,22,23,27). The highest BCUT2D eigenvalue weighted by atomic mass is 32.1. The van der Waals surface area contributed by atoms with E-state index in [4.69, 9.17) is 21.7 Å². The maximum Gasteiger partial charge on any atom is 0.340 e. The van der Waals surface area contributed by atoms with Gasteiger partial charge in [-0.25, -0.2) is 4.79 Å². The van der Waals surface area contributed by atoms with Crippen molar-refractivity contribution in [3.63, 3.8) is 0 Å². The molecule has 2 aromatic carbocycles. The first-order valence-corrected chi connectivity index (χ1v) is 9.94. The number of aryl methyl sites for hydroxylation is 1. The Labute approximate surface area is 173 Å². The van der Waals surface area contributed by atoms with Gasteiger partial charge in [0.2, 0.25) is 0 Å². The van der Waals surface area contributed by atoms with E-state index in [1.54, 1.807) is 0 Å². The van der Waals surface area contributed by atoms with Crippen molar-refractivity contribution in [1.82, 2.24) is 0 Å². The topological polar surface area (TPSA) is 59.6 Å². The predicted octanol–water partition coefficient (Wildman–Crippen LogP) is 5.70. The minimum Gasteiger partial charge on any atom is -0.465 e. The summed E-state index contributed by atoms with van der Waals surface area (Å²) in [7, 11) is 1.36. The van der Waals surface area contributed by atoms with Gasteiger partial charge >= 0.3 is 5.97 Å². The molecule has 0 aliphatic carbocycles. The van der Waals surface area contributed by atoms with E-state index in [0.717, 1.165) is 22.7 Å². The summed E-state index contributed by atoms with van der Waals surface area (Å²) in [6, 6.07) is 18.9. The van der Waals surface area contributed by atoms with Crippen molar-refractivity contribution in [2.45, 2.75) is 13.3 Å². The predicted molar refractivity (Wildman–Crippen MR) is 118 cm³/mol.